The van der Waals surface area contributed by atoms with Crippen molar-refractivity contribution in [1.29, 1.82) is 0 Å². The summed E-state index contributed by atoms with van der Waals surface area (Å²) >= 11 is 0. The van der Waals surface area contributed by atoms with Gasteiger partial charge in [-0.25, -0.2) is 0 Å². The van der Waals surface area contributed by atoms with Crippen LogP contribution >= 0.6 is 0 Å². The van der Waals surface area contributed by atoms with E-state index in [0.717, 1.165) is 0 Å². The number of hydrogen-bond acceptors (Lipinski definition) is 0. The first-order valence-corrected chi connectivity index (χ1v) is 2.29. The van der Waals surface area contributed by atoms with Crippen molar-refractivity contribution in [3.63, 3.8) is 0 Å². The molecule has 0 N–H and O–H groups in total. The average molecular weight is 73.7 g/mol. The van der Waals surface area contributed by atoms with Crippen molar-refractivity contribution < 1.29 is 0 Å². The second-order valence-corrected chi connectivity index (χ2v) is 2.05. The largest absolute Gasteiger partial charge is 0.142 e. The Balaban J connectivity index is 2.31. The maximum absolute atomic E-state index is 2.31. The van der Waals surface area contributed by atoms with Crippen LogP contribution in [0.15, 0.2) is 12.1 Å². The van der Waals surface area contributed by atoms with Crippen molar-refractivity contribution in [2.24, 2.45) is 0 Å². The second kappa shape index (κ2) is 0.617. The third kappa shape index (κ3) is 0.192. The summed E-state index contributed by atoms with van der Waals surface area (Å²) in [5.74, 6) is 2.11. The summed E-state index contributed by atoms with van der Waals surface area (Å²) in [4.78, 5) is 0. The standard InChI is InChI=1S/C4H4B2/c1-2-5-4(1)3-6-4/h1-2H,3H2. The summed E-state index contributed by atoms with van der Waals surface area (Å²) < 4.78 is 0. The lowest BCUT2D eigenvalue weighted by Crippen LogP contribution is -2.08. The van der Waals surface area contributed by atoms with Crippen molar-refractivity contribution in [1.82, 2.24) is 0 Å². The topological polar surface area (TPSA) is 0 Å². The van der Waals surface area contributed by atoms with E-state index in [0.29, 0.717) is 5.21 Å². The summed E-state index contributed by atoms with van der Waals surface area (Å²) in [6, 6.07) is 0. The second-order valence-electron chi connectivity index (χ2n) is 2.05. The molecule has 0 saturated carbocycles. The molecule has 26 valence electrons. The minimum absolute atomic E-state index is 0.542. The van der Waals surface area contributed by atoms with Gasteiger partial charge in [0.2, 0.25) is 0 Å². The van der Waals surface area contributed by atoms with Crippen molar-refractivity contribution in [2.75, 3.05) is 0 Å². The van der Waals surface area contributed by atoms with Crippen LogP contribution in [-0.4, -0.2) is 14.6 Å². The molecule has 2 radical (unpaired) electrons. The molecule has 2 heterocycles. The van der Waals surface area contributed by atoms with Crippen LogP contribution in [0.3, 0.4) is 0 Å². The first-order chi connectivity index (χ1) is 2.91. The predicted octanol–water partition coefficient (Wildman–Crippen LogP) is 0.470. The maximum atomic E-state index is 2.31. The van der Waals surface area contributed by atoms with E-state index in [1.54, 1.807) is 0 Å². The van der Waals surface area contributed by atoms with Gasteiger partial charge in [-0.15, -0.1) is 12.1 Å². The quantitative estimate of drug-likeness (QED) is 0.366. The Kier molecular flexibility index (Phi) is 0.303. The summed E-state index contributed by atoms with van der Waals surface area (Å²) in [7, 11) is 4.56. The molecule has 0 aliphatic carbocycles. The van der Waals surface area contributed by atoms with Crippen LogP contribution in [0.2, 0.25) is 11.5 Å². The van der Waals surface area contributed by atoms with Crippen LogP contribution in [0.5, 0.6) is 0 Å². The molecule has 2 aliphatic heterocycles. The minimum Gasteiger partial charge on any atom is -0.127 e. The molecular formula is C4H4B2. The molecule has 1 fully saturated rings. The molecule has 1 unspecified atom stereocenters. The van der Waals surface area contributed by atoms with E-state index in [1.165, 1.54) is 6.32 Å². The lowest BCUT2D eigenvalue weighted by molar-refractivity contribution is 1.20. The molecule has 0 aromatic heterocycles. The highest BCUT2D eigenvalue weighted by molar-refractivity contribution is 6.79. The van der Waals surface area contributed by atoms with Gasteiger partial charge in [0.1, 0.15) is 14.6 Å². The molecule has 0 aromatic rings. The number of hydrogen-bond donors (Lipinski definition) is 0. The van der Waals surface area contributed by atoms with Gasteiger partial charge in [-0.05, 0) is 0 Å². The Labute approximate surface area is 39.1 Å². The Hall–Kier alpha value is -0.130. The SMILES string of the molecule is [B]1C=CC12[B]C2. The maximum Gasteiger partial charge on any atom is 0.142 e. The van der Waals surface area contributed by atoms with E-state index < -0.39 is 0 Å². The highest BCUT2D eigenvalue weighted by atomic mass is 14.2. The van der Waals surface area contributed by atoms with Crippen LogP contribution < -0.4 is 0 Å². The van der Waals surface area contributed by atoms with Gasteiger partial charge >= 0.3 is 0 Å². The van der Waals surface area contributed by atoms with Gasteiger partial charge in [-0.2, -0.15) is 0 Å². The van der Waals surface area contributed by atoms with E-state index >= 15 is 0 Å². The molecule has 0 aromatic carbocycles. The molecule has 1 spiro atoms. The summed E-state index contributed by atoms with van der Waals surface area (Å²) in [5, 5.41) is 0.542. The molecule has 2 rings (SSSR count). The zero-order valence-electron chi connectivity index (χ0n) is 3.52. The van der Waals surface area contributed by atoms with Crippen molar-refractivity contribution in [3.05, 3.63) is 12.1 Å². The van der Waals surface area contributed by atoms with E-state index in [2.05, 4.69) is 26.6 Å². The first-order valence-electron chi connectivity index (χ1n) is 2.29. The monoisotopic (exact) mass is 74.0 g/mol. The molecule has 1 atom stereocenters. The van der Waals surface area contributed by atoms with Gasteiger partial charge in [0.05, 0.1) is 0 Å². The van der Waals surface area contributed by atoms with Gasteiger partial charge in [0.25, 0.3) is 0 Å². The Morgan fingerprint density at radius 2 is 2.33 bits per heavy atom. The third-order valence-corrected chi connectivity index (χ3v) is 1.49. The predicted molar refractivity (Wildman–Crippen MR) is 28.1 cm³/mol. The van der Waals surface area contributed by atoms with Crippen LogP contribution in [0.1, 0.15) is 0 Å². The molecule has 2 aliphatic rings. The minimum atomic E-state index is 0.542. The fourth-order valence-electron chi connectivity index (χ4n) is 0.733. The van der Waals surface area contributed by atoms with Crippen LogP contribution in [0.4, 0.5) is 0 Å². The average Bonchev–Trinajstić information content (AvgIpc) is 2.02. The summed E-state index contributed by atoms with van der Waals surface area (Å²) in [5.41, 5.74) is 0. The zero-order valence-corrected chi connectivity index (χ0v) is 3.52. The highest BCUT2D eigenvalue weighted by Crippen LogP contribution is 2.51. The normalized spacial score (nSPS) is 46.7. The van der Waals surface area contributed by atoms with Gasteiger partial charge in [0, 0.05) is 0 Å². The first kappa shape index (κ1) is 2.95. The van der Waals surface area contributed by atoms with E-state index in [4.69, 9.17) is 0 Å². The fourth-order valence-corrected chi connectivity index (χ4v) is 0.733. The van der Waals surface area contributed by atoms with E-state index in [9.17, 15) is 0 Å². The van der Waals surface area contributed by atoms with Crippen LogP contribution in [0, 0.1) is 0 Å². The molecule has 2 heteroatoms. The van der Waals surface area contributed by atoms with Crippen LogP contribution in [0.25, 0.3) is 0 Å². The Morgan fingerprint density at radius 1 is 1.67 bits per heavy atom. The highest BCUT2D eigenvalue weighted by Gasteiger charge is 2.44. The number of rotatable bonds is 0. The number of allylic oxidation sites excluding steroid dienone is 1. The van der Waals surface area contributed by atoms with Gasteiger partial charge in [-0.1, -0.05) is 11.5 Å². The van der Waals surface area contributed by atoms with Crippen molar-refractivity contribution in [3.8, 4) is 0 Å². The summed E-state index contributed by atoms with van der Waals surface area (Å²) in [6.07, 6.45) is 3.54. The molecule has 0 nitrogen and oxygen atoms in total. The molecular weight excluding hydrogens is 69.7 g/mol. The van der Waals surface area contributed by atoms with Crippen molar-refractivity contribution >= 4 is 14.6 Å². The Morgan fingerprint density at radius 3 is 2.33 bits per heavy atom. The summed E-state index contributed by atoms with van der Waals surface area (Å²) in [6.45, 7) is 0. The van der Waals surface area contributed by atoms with E-state index in [-0.39, 0.29) is 0 Å². The fraction of sp³-hybridized carbons (Fsp3) is 0.500. The smallest absolute Gasteiger partial charge is 0.127 e. The van der Waals surface area contributed by atoms with Gasteiger partial charge in [-0.3, -0.25) is 0 Å². The zero-order chi connectivity index (χ0) is 4.04. The van der Waals surface area contributed by atoms with Gasteiger partial charge in [0.15, 0.2) is 0 Å². The molecule has 0 bridgehead atoms. The lowest BCUT2D eigenvalue weighted by Gasteiger charge is -2.12. The van der Waals surface area contributed by atoms with Crippen molar-refractivity contribution in [2.45, 2.75) is 11.5 Å². The molecule has 1 saturated heterocycles. The third-order valence-electron chi connectivity index (χ3n) is 1.49. The molecule has 6 heavy (non-hydrogen) atoms. The molecule has 0 amide bonds. The lowest BCUT2D eigenvalue weighted by atomic mass is 9.46. The Bertz CT molecular complexity index is 102. The van der Waals surface area contributed by atoms with Crippen LogP contribution in [-0.2, 0) is 0 Å². The van der Waals surface area contributed by atoms with E-state index in [1.807, 2.05) is 0 Å². The van der Waals surface area contributed by atoms with Gasteiger partial charge < -0.3 is 0 Å².